The second-order valence-electron chi connectivity index (χ2n) is 4.66. The fraction of sp³-hybridized carbons (Fsp3) is 0.133. The number of benzene rings is 2. The zero-order chi connectivity index (χ0) is 14.1. The van der Waals surface area contributed by atoms with Gasteiger partial charge < -0.3 is 10.5 Å². The Kier molecular flexibility index (Phi) is 3.32. The highest BCUT2D eigenvalue weighted by atomic mass is 35.5. The molecule has 5 heteroatoms. The van der Waals surface area contributed by atoms with Gasteiger partial charge >= 0.3 is 0 Å². The first-order valence-corrected chi connectivity index (χ1v) is 6.58. The molecule has 102 valence electrons. The van der Waals surface area contributed by atoms with Gasteiger partial charge in [-0.05, 0) is 35.9 Å². The van der Waals surface area contributed by atoms with Gasteiger partial charge in [0.1, 0.15) is 11.6 Å². The van der Waals surface area contributed by atoms with Gasteiger partial charge in [-0.15, -0.1) is 0 Å². The van der Waals surface area contributed by atoms with E-state index in [-0.39, 0.29) is 17.6 Å². The predicted molar refractivity (Wildman–Crippen MR) is 76.5 cm³/mol. The van der Waals surface area contributed by atoms with Crippen molar-refractivity contribution >= 4 is 17.3 Å². The molecule has 1 heterocycles. The molecule has 3 rings (SSSR count). The minimum Gasteiger partial charge on any atom is -0.507 e. The number of hydrogen-bond acceptors (Lipinski definition) is 3. The summed E-state index contributed by atoms with van der Waals surface area (Å²) in [5.74, 6) is -0.116. The third kappa shape index (κ3) is 2.47. The Balaban J connectivity index is 1.82. The molecular formula is C15H12ClFN2O. The van der Waals surface area contributed by atoms with E-state index in [1.54, 1.807) is 30.3 Å². The summed E-state index contributed by atoms with van der Waals surface area (Å²) in [6.07, 6.45) is 0.611. The van der Waals surface area contributed by atoms with Crippen molar-refractivity contribution in [2.75, 3.05) is 0 Å². The second kappa shape index (κ2) is 5.13. The number of nitrogens with one attached hydrogen (secondary N) is 1. The molecule has 20 heavy (non-hydrogen) atoms. The van der Waals surface area contributed by atoms with Crippen LogP contribution in [0.15, 0.2) is 47.6 Å². The highest BCUT2D eigenvalue weighted by Crippen LogP contribution is 2.29. The topological polar surface area (TPSA) is 44.6 Å². The molecule has 0 saturated heterocycles. The first-order chi connectivity index (χ1) is 9.63. The van der Waals surface area contributed by atoms with Crippen molar-refractivity contribution < 1.29 is 9.50 Å². The molecule has 0 fully saturated rings. The van der Waals surface area contributed by atoms with E-state index in [9.17, 15) is 9.50 Å². The fourth-order valence-corrected chi connectivity index (χ4v) is 2.41. The Hall–Kier alpha value is -2.07. The Bertz CT molecular complexity index is 670. The lowest BCUT2D eigenvalue weighted by molar-refractivity contribution is 0.474. The van der Waals surface area contributed by atoms with Crippen molar-refractivity contribution in [3.8, 4) is 5.75 Å². The van der Waals surface area contributed by atoms with Crippen LogP contribution in [0.3, 0.4) is 0 Å². The third-order valence-corrected chi connectivity index (χ3v) is 3.53. The normalized spacial score (nSPS) is 17.7. The average Bonchev–Trinajstić information content (AvgIpc) is 2.92. The van der Waals surface area contributed by atoms with Gasteiger partial charge in [-0.3, -0.25) is 0 Å². The number of hydrazone groups is 1. The maximum atomic E-state index is 12.9. The predicted octanol–water partition coefficient (Wildman–Crippen LogP) is 3.62. The zero-order valence-corrected chi connectivity index (χ0v) is 11.2. The van der Waals surface area contributed by atoms with Crippen LogP contribution in [-0.2, 0) is 0 Å². The minimum absolute atomic E-state index is 0.0241. The number of rotatable bonds is 2. The van der Waals surface area contributed by atoms with Crippen molar-refractivity contribution in [3.63, 3.8) is 0 Å². The first-order valence-electron chi connectivity index (χ1n) is 6.20. The van der Waals surface area contributed by atoms with Gasteiger partial charge in [0, 0.05) is 17.0 Å². The largest absolute Gasteiger partial charge is 0.507 e. The van der Waals surface area contributed by atoms with Gasteiger partial charge in [0.15, 0.2) is 0 Å². The van der Waals surface area contributed by atoms with Crippen molar-refractivity contribution in [2.24, 2.45) is 5.10 Å². The van der Waals surface area contributed by atoms with Crippen molar-refractivity contribution in [1.29, 1.82) is 0 Å². The van der Waals surface area contributed by atoms with Gasteiger partial charge in [-0.1, -0.05) is 23.7 Å². The lowest BCUT2D eigenvalue weighted by Gasteiger charge is -2.10. The van der Waals surface area contributed by atoms with E-state index in [4.69, 9.17) is 11.6 Å². The van der Waals surface area contributed by atoms with E-state index < -0.39 is 0 Å². The molecule has 2 aromatic rings. The molecule has 0 unspecified atom stereocenters. The van der Waals surface area contributed by atoms with Gasteiger partial charge in [-0.25, -0.2) is 4.39 Å². The van der Waals surface area contributed by atoms with Crippen LogP contribution in [0, 0.1) is 5.82 Å². The molecule has 0 aromatic heterocycles. The van der Waals surface area contributed by atoms with Crippen molar-refractivity contribution in [3.05, 3.63) is 64.4 Å². The van der Waals surface area contributed by atoms with Gasteiger partial charge in [0.05, 0.1) is 11.8 Å². The Morgan fingerprint density at radius 2 is 1.95 bits per heavy atom. The molecule has 0 spiro atoms. The van der Waals surface area contributed by atoms with Crippen molar-refractivity contribution in [2.45, 2.75) is 12.5 Å². The van der Waals surface area contributed by atoms with E-state index in [1.807, 2.05) is 0 Å². The fourth-order valence-electron chi connectivity index (χ4n) is 2.24. The molecule has 0 bridgehead atoms. The molecule has 1 atom stereocenters. The lowest BCUT2D eigenvalue weighted by atomic mass is 9.99. The van der Waals surface area contributed by atoms with E-state index >= 15 is 0 Å². The van der Waals surface area contributed by atoms with E-state index in [0.29, 0.717) is 17.0 Å². The molecule has 1 aliphatic heterocycles. The molecule has 0 saturated carbocycles. The van der Waals surface area contributed by atoms with E-state index in [1.165, 1.54) is 12.1 Å². The minimum atomic E-state index is -0.264. The highest BCUT2D eigenvalue weighted by molar-refractivity contribution is 6.31. The van der Waals surface area contributed by atoms with Gasteiger partial charge in [0.25, 0.3) is 0 Å². The molecule has 0 aliphatic carbocycles. The molecule has 0 radical (unpaired) electrons. The number of phenols is 1. The molecule has 2 N–H and O–H groups in total. The highest BCUT2D eigenvalue weighted by Gasteiger charge is 2.23. The van der Waals surface area contributed by atoms with Crippen molar-refractivity contribution in [1.82, 2.24) is 5.43 Å². The summed E-state index contributed by atoms with van der Waals surface area (Å²) in [5, 5.41) is 14.7. The third-order valence-electron chi connectivity index (χ3n) is 3.29. The maximum Gasteiger partial charge on any atom is 0.124 e. The molecule has 1 aliphatic rings. The monoisotopic (exact) mass is 290 g/mol. The number of hydrogen-bond donors (Lipinski definition) is 2. The summed E-state index contributed by atoms with van der Waals surface area (Å²) < 4.78 is 12.9. The summed E-state index contributed by atoms with van der Waals surface area (Å²) >= 11 is 5.94. The Labute approximate surface area is 120 Å². The van der Waals surface area contributed by atoms with Gasteiger partial charge in [0.2, 0.25) is 0 Å². The Morgan fingerprint density at radius 1 is 1.20 bits per heavy atom. The maximum absolute atomic E-state index is 12.9. The van der Waals surface area contributed by atoms with E-state index in [2.05, 4.69) is 10.5 Å². The van der Waals surface area contributed by atoms with Crippen LogP contribution in [0.1, 0.15) is 23.6 Å². The van der Waals surface area contributed by atoms with Crippen LogP contribution in [-0.4, -0.2) is 10.8 Å². The van der Waals surface area contributed by atoms with Crippen LogP contribution in [0.2, 0.25) is 5.02 Å². The molecule has 3 nitrogen and oxygen atoms in total. The molecular weight excluding hydrogens is 279 g/mol. The van der Waals surface area contributed by atoms with Crippen LogP contribution in [0.25, 0.3) is 0 Å². The van der Waals surface area contributed by atoms with Crippen LogP contribution in [0.5, 0.6) is 5.75 Å². The number of halogens is 2. The summed E-state index contributed by atoms with van der Waals surface area (Å²) in [6.45, 7) is 0. The van der Waals surface area contributed by atoms with Crippen LogP contribution < -0.4 is 5.43 Å². The standard InChI is InChI=1S/C15H12ClFN2O/c16-10-3-6-15(20)12(7-10)14-8-13(18-19-14)9-1-4-11(17)5-2-9/h1-7,13,18,20H,8H2/t13-/m1/s1. The van der Waals surface area contributed by atoms with Gasteiger partial charge in [-0.2, -0.15) is 5.10 Å². The quantitative estimate of drug-likeness (QED) is 0.887. The lowest BCUT2D eigenvalue weighted by Crippen LogP contribution is -2.09. The first kappa shape index (κ1) is 12.9. The smallest absolute Gasteiger partial charge is 0.124 e. The average molecular weight is 291 g/mol. The summed E-state index contributed by atoms with van der Waals surface area (Å²) in [7, 11) is 0. The zero-order valence-electron chi connectivity index (χ0n) is 10.5. The summed E-state index contributed by atoms with van der Waals surface area (Å²) in [5.41, 5.74) is 5.31. The molecule has 0 amide bonds. The SMILES string of the molecule is Oc1ccc(Cl)cc1C1=NN[C@@H](c2ccc(F)cc2)C1. The summed E-state index contributed by atoms with van der Waals surface area (Å²) in [4.78, 5) is 0. The number of aromatic hydroxyl groups is 1. The van der Waals surface area contributed by atoms with Crippen LogP contribution in [0.4, 0.5) is 4.39 Å². The second-order valence-corrected chi connectivity index (χ2v) is 5.09. The summed E-state index contributed by atoms with van der Waals surface area (Å²) in [6, 6.07) is 11.1. The van der Waals surface area contributed by atoms with E-state index in [0.717, 1.165) is 11.3 Å². The Morgan fingerprint density at radius 3 is 2.70 bits per heavy atom. The molecule has 2 aromatic carbocycles. The van der Waals surface area contributed by atoms with Crippen LogP contribution >= 0.6 is 11.6 Å². The number of nitrogens with zero attached hydrogens (tertiary/aromatic N) is 1. The number of phenolic OH excluding ortho intramolecular Hbond substituents is 1.